The van der Waals surface area contributed by atoms with Crippen molar-refractivity contribution in [1.29, 1.82) is 0 Å². The van der Waals surface area contributed by atoms with Crippen LogP contribution in [0.15, 0.2) is 5.16 Å². The molecule has 1 atom stereocenters. The Hall–Kier alpha value is -1.66. The van der Waals surface area contributed by atoms with Gasteiger partial charge in [0.1, 0.15) is 5.60 Å². The van der Waals surface area contributed by atoms with Crippen LogP contribution < -0.4 is 5.73 Å². The minimum absolute atomic E-state index is 0.0473. The second-order valence-corrected chi connectivity index (χ2v) is 5.43. The van der Waals surface area contributed by atoms with Crippen molar-refractivity contribution in [3.8, 4) is 0 Å². The molecule has 0 aromatic heterocycles. The summed E-state index contributed by atoms with van der Waals surface area (Å²) in [6, 6.07) is -0.0473. The summed E-state index contributed by atoms with van der Waals surface area (Å²) in [4.78, 5) is 15.3. The number of carbonyl (C=O) groups is 1. The molecular formula is C11H22N4O3. The Bertz CT molecular complexity index is 338. The first kappa shape index (κ1) is 14.4. The summed E-state index contributed by atoms with van der Waals surface area (Å²) in [5, 5.41) is 11.6. The smallest absolute Gasteiger partial charge is 0.410 e. The van der Waals surface area contributed by atoms with E-state index in [9.17, 15) is 4.79 Å². The van der Waals surface area contributed by atoms with Crippen LogP contribution in [0.3, 0.4) is 0 Å². The van der Waals surface area contributed by atoms with Gasteiger partial charge in [-0.25, -0.2) is 4.79 Å². The van der Waals surface area contributed by atoms with Gasteiger partial charge in [-0.15, -0.1) is 0 Å². The molecule has 0 aliphatic carbocycles. The number of amides is 1. The summed E-state index contributed by atoms with van der Waals surface area (Å²) in [5.74, 6) is 0.0747. The van der Waals surface area contributed by atoms with E-state index in [2.05, 4.69) is 5.16 Å². The number of guanidine groups is 1. The van der Waals surface area contributed by atoms with Gasteiger partial charge in [0.05, 0.1) is 0 Å². The first-order chi connectivity index (χ1) is 8.24. The summed E-state index contributed by atoms with van der Waals surface area (Å²) >= 11 is 0. The van der Waals surface area contributed by atoms with Crippen molar-refractivity contribution in [1.82, 2.24) is 9.80 Å². The van der Waals surface area contributed by atoms with Crippen LogP contribution in [0.4, 0.5) is 4.79 Å². The average molecular weight is 258 g/mol. The third-order valence-corrected chi connectivity index (χ3v) is 2.68. The molecule has 0 radical (unpaired) electrons. The molecule has 0 spiro atoms. The van der Waals surface area contributed by atoms with Gasteiger partial charge in [0, 0.05) is 25.7 Å². The van der Waals surface area contributed by atoms with Gasteiger partial charge in [-0.05, 0) is 27.7 Å². The average Bonchev–Trinajstić information content (AvgIpc) is 2.25. The Morgan fingerprint density at radius 3 is 2.50 bits per heavy atom. The number of ether oxygens (including phenoxy) is 1. The highest BCUT2D eigenvalue weighted by molar-refractivity contribution is 5.78. The topological polar surface area (TPSA) is 91.4 Å². The number of piperazine rings is 1. The van der Waals surface area contributed by atoms with Crippen molar-refractivity contribution in [2.45, 2.75) is 39.3 Å². The standard InChI is InChI=1S/C11H22N4O3/c1-8-7-14(9(12)13-17)5-6-15(8)10(16)18-11(2,3)4/h8,17H,5-7H2,1-4H3,(H2,12,13)/t8-/m1/s1. The molecule has 1 amide bonds. The van der Waals surface area contributed by atoms with Crippen LogP contribution in [-0.2, 0) is 4.74 Å². The third-order valence-electron chi connectivity index (χ3n) is 2.68. The molecule has 0 unspecified atom stereocenters. The summed E-state index contributed by atoms with van der Waals surface area (Å²) < 4.78 is 5.33. The molecule has 1 saturated heterocycles. The lowest BCUT2D eigenvalue weighted by Gasteiger charge is -2.40. The minimum atomic E-state index is -0.500. The van der Waals surface area contributed by atoms with Gasteiger partial charge in [0.2, 0.25) is 5.96 Å². The van der Waals surface area contributed by atoms with E-state index in [1.165, 1.54) is 0 Å². The van der Waals surface area contributed by atoms with E-state index in [1.807, 2.05) is 27.7 Å². The van der Waals surface area contributed by atoms with Gasteiger partial charge in [0.25, 0.3) is 0 Å². The molecule has 104 valence electrons. The third kappa shape index (κ3) is 3.68. The predicted octanol–water partition coefficient (Wildman–Crippen LogP) is 0.631. The molecule has 7 nitrogen and oxygen atoms in total. The van der Waals surface area contributed by atoms with Gasteiger partial charge in [-0.3, -0.25) is 0 Å². The molecule has 1 fully saturated rings. The lowest BCUT2D eigenvalue weighted by Crippen LogP contribution is -2.57. The maximum atomic E-state index is 11.9. The largest absolute Gasteiger partial charge is 0.444 e. The maximum Gasteiger partial charge on any atom is 0.410 e. The minimum Gasteiger partial charge on any atom is -0.444 e. The quantitative estimate of drug-likeness (QED) is 0.288. The molecule has 0 saturated carbocycles. The Morgan fingerprint density at radius 2 is 2.06 bits per heavy atom. The number of hydrogen-bond acceptors (Lipinski definition) is 4. The summed E-state index contributed by atoms with van der Waals surface area (Å²) in [7, 11) is 0. The SMILES string of the molecule is C[C@@H]1CN(/C(N)=N/O)CCN1C(=O)OC(C)(C)C. The fourth-order valence-electron chi connectivity index (χ4n) is 1.82. The van der Waals surface area contributed by atoms with Crippen LogP contribution in [-0.4, -0.2) is 58.3 Å². The van der Waals surface area contributed by atoms with Gasteiger partial charge in [0.15, 0.2) is 0 Å². The molecule has 18 heavy (non-hydrogen) atoms. The van der Waals surface area contributed by atoms with E-state index < -0.39 is 5.60 Å². The summed E-state index contributed by atoms with van der Waals surface area (Å²) in [6.07, 6.45) is -0.325. The Labute approximate surface area is 107 Å². The van der Waals surface area contributed by atoms with Crippen molar-refractivity contribution in [3.05, 3.63) is 0 Å². The van der Waals surface area contributed by atoms with Crippen LogP contribution >= 0.6 is 0 Å². The Morgan fingerprint density at radius 1 is 1.44 bits per heavy atom. The molecule has 0 aromatic rings. The van der Waals surface area contributed by atoms with Gasteiger partial charge < -0.3 is 25.5 Å². The van der Waals surface area contributed by atoms with Crippen molar-refractivity contribution in [2.75, 3.05) is 19.6 Å². The summed E-state index contributed by atoms with van der Waals surface area (Å²) in [5.41, 5.74) is 5.02. The van der Waals surface area contributed by atoms with E-state index in [0.717, 1.165) is 0 Å². The number of carbonyl (C=O) groups excluding carboxylic acids is 1. The molecule has 1 aliphatic heterocycles. The predicted molar refractivity (Wildman–Crippen MR) is 67.4 cm³/mol. The fourth-order valence-corrected chi connectivity index (χ4v) is 1.82. The number of nitrogens with zero attached hydrogens (tertiary/aromatic N) is 3. The van der Waals surface area contributed by atoms with Crippen molar-refractivity contribution < 1.29 is 14.7 Å². The zero-order chi connectivity index (χ0) is 13.9. The molecule has 7 heteroatoms. The fraction of sp³-hybridized carbons (Fsp3) is 0.818. The lowest BCUT2D eigenvalue weighted by molar-refractivity contribution is 0.00744. The van der Waals surface area contributed by atoms with E-state index in [-0.39, 0.29) is 18.1 Å². The van der Waals surface area contributed by atoms with Crippen molar-refractivity contribution in [3.63, 3.8) is 0 Å². The number of hydrogen-bond donors (Lipinski definition) is 2. The molecule has 3 N–H and O–H groups in total. The molecule has 1 rings (SSSR count). The molecule has 1 aliphatic rings. The van der Waals surface area contributed by atoms with Gasteiger partial charge in [-0.1, -0.05) is 5.16 Å². The Balaban J connectivity index is 2.60. The van der Waals surface area contributed by atoms with Crippen LogP contribution in [0.1, 0.15) is 27.7 Å². The highest BCUT2D eigenvalue weighted by atomic mass is 16.6. The van der Waals surface area contributed by atoms with Crippen LogP contribution in [0.25, 0.3) is 0 Å². The molecule has 0 bridgehead atoms. The first-order valence-electron chi connectivity index (χ1n) is 5.96. The normalized spacial score (nSPS) is 22.0. The number of rotatable bonds is 0. The van der Waals surface area contributed by atoms with E-state index in [4.69, 9.17) is 15.7 Å². The number of nitrogens with two attached hydrogens (primary N) is 1. The highest BCUT2D eigenvalue weighted by Gasteiger charge is 2.31. The molecule has 1 heterocycles. The second kappa shape index (κ2) is 5.32. The van der Waals surface area contributed by atoms with E-state index in [0.29, 0.717) is 19.6 Å². The van der Waals surface area contributed by atoms with Crippen molar-refractivity contribution >= 4 is 12.1 Å². The van der Waals surface area contributed by atoms with Gasteiger partial charge >= 0.3 is 6.09 Å². The summed E-state index contributed by atoms with van der Waals surface area (Å²) in [6.45, 7) is 8.95. The zero-order valence-electron chi connectivity index (χ0n) is 11.4. The van der Waals surface area contributed by atoms with Crippen LogP contribution in [0.5, 0.6) is 0 Å². The van der Waals surface area contributed by atoms with Crippen LogP contribution in [0, 0.1) is 0 Å². The lowest BCUT2D eigenvalue weighted by atomic mass is 10.2. The van der Waals surface area contributed by atoms with Crippen LogP contribution in [0.2, 0.25) is 0 Å². The maximum absolute atomic E-state index is 11.9. The van der Waals surface area contributed by atoms with Gasteiger partial charge in [-0.2, -0.15) is 0 Å². The second-order valence-electron chi connectivity index (χ2n) is 5.43. The first-order valence-corrected chi connectivity index (χ1v) is 5.96. The highest BCUT2D eigenvalue weighted by Crippen LogP contribution is 2.15. The van der Waals surface area contributed by atoms with E-state index in [1.54, 1.807) is 9.80 Å². The molecular weight excluding hydrogens is 236 g/mol. The zero-order valence-corrected chi connectivity index (χ0v) is 11.4. The monoisotopic (exact) mass is 258 g/mol. The molecule has 0 aromatic carbocycles. The van der Waals surface area contributed by atoms with E-state index >= 15 is 0 Å². The van der Waals surface area contributed by atoms with Crippen molar-refractivity contribution in [2.24, 2.45) is 10.9 Å². The number of oxime groups is 1. The Kier molecular flexibility index (Phi) is 4.26.